The maximum absolute atomic E-state index is 11.7. The summed E-state index contributed by atoms with van der Waals surface area (Å²) < 4.78 is 57.6. The molecule has 0 atom stereocenters. The molecule has 78 valence electrons. The molecule has 0 radical (unpaired) electrons. The molecule has 0 aliphatic rings. The van der Waals surface area contributed by atoms with Gasteiger partial charge >= 0.3 is 6.30 Å². The van der Waals surface area contributed by atoms with Gasteiger partial charge in [-0.2, -0.15) is 13.2 Å². The van der Waals surface area contributed by atoms with E-state index in [0.717, 1.165) is 12.3 Å². The third-order valence-corrected chi connectivity index (χ3v) is 2.46. The maximum Gasteiger partial charge on any atom is 0.470 e. The van der Waals surface area contributed by atoms with Crippen molar-refractivity contribution in [2.75, 3.05) is 0 Å². The molecule has 0 aliphatic carbocycles. The van der Waals surface area contributed by atoms with Crippen molar-refractivity contribution in [1.82, 2.24) is 9.71 Å². The summed E-state index contributed by atoms with van der Waals surface area (Å²) in [6.45, 7) is 0. The van der Waals surface area contributed by atoms with E-state index in [4.69, 9.17) is 0 Å². The normalized spacial score (nSPS) is 12.8. The van der Waals surface area contributed by atoms with Gasteiger partial charge in [0.1, 0.15) is 0 Å². The number of halogens is 3. The minimum absolute atomic E-state index is 0.521. The van der Waals surface area contributed by atoms with Crippen LogP contribution < -0.4 is 4.72 Å². The lowest BCUT2D eigenvalue weighted by atomic mass is 10.5. The van der Waals surface area contributed by atoms with Gasteiger partial charge in [0.25, 0.3) is 10.0 Å². The predicted molar refractivity (Wildman–Crippen MR) is 40.6 cm³/mol. The number of rotatable bonds is 2. The standard InChI is InChI=1S/C6H5F3N2O2S/c7-6(8,9)11-14(12,13)5-3-1-2-4-10-5/h1-4,11H. The second kappa shape index (κ2) is 3.54. The largest absolute Gasteiger partial charge is 0.470 e. The van der Waals surface area contributed by atoms with Crippen LogP contribution in [0, 0.1) is 0 Å². The lowest BCUT2D eigenvalue weighted by Gasteiger charge is -2.07. The first-order valence-corrected chi connectivity index (χ1v) is 4.81. The van der Waals surface area contributed by atoms with Crippen molar-refractivity contribution in [2.24, 2.45) is 0 Å². The molecule has 0 saturated heterocycles. The average molecular weight is 226 g/mol. The Balaban J connectivity index is 2.99. The summed E-state index contributed by atoms with van der Waals surface area (Å²) in [6.07, 6.45) is -3.90. The summed E-state index contributed by atoms with van der Waals surface area (Å²) in [4.78, 5) is 3.28. The van der Waals surface area contributed by atoms with Crippen molar-refractivity contribution < 1.29 is 21.6 Å². The van der Waals surface area contributed by atoms with Gasteiger partial charge in [0.2, 0.25) is 0 Å². The Morgan fingerprint density at radius 2 is 1.93 bits per heavy atom. The quantitative estimate of drug-likeness (QED) is 0.761. The summed E-state index contributed by atoms with van der Waals surface area (Å²) in [6, 6.07) is 3.64. The SMILES string of the molecule is O=S(=O)(NC(F)(F)F)c1ccccn1. The fourth-order valence-electron chi connectivity index (χ4n) is 0.711. The number of hydrogen-bond acceptors (Lipinski definition) is 3. The van der Waals surface area contributed by atoms with Crippen LogP contribution in [0.2, 0.25) is 0 Å². The van der Waals surface area contributed by atoms with E-state index in [-0.39, 0.29) is 0 Å². The van der Waals surface area contributed by atoms with Crippen LogP contribution in [0.3, 0.4) is 0 Å². The molecule has 1 aromatic rings. The van der Waals surface area contributed by atoms with Crippen LogP contribution in [0.1, 0.15) is 0 Å². The minimum Gasteiger partial charge on any atom is -0.243 e. The average Bonchev–Trinajstić information content (AvgIpc) is 2.01. The third-order valence-electron chi connectivity index (χ3n) is 1.16. The Bertz CT molecular complexity index is 401. The Labute approximate surface area is 77.8 Å². The maximum atomic E-state index is 11.7. The van der Waals surface area contributed by atoms with Crippen molar-refractivity contribution in [1.29, 1.82) is 0 Å². The van der Waals surface area contributed by atoms with E-state index < -0.39 is 21.3 Å². The molecule has 1 heterocycles. The Morgan fingerprint density at radius 1 is 1.29 bits per heavy atom. The summed E-state index contributed by atoms with van der Waals surface area (Å²) >= 11 is 0. The van der Waals surface area contributed by atoms with Crippen molar-refractivity contribution in [3.8, 4) is 0 Å². The lowest BCUT2D eigenvalue weighted by molar-refractivity contribution is -0.138. The Kier molecular flexibility index (Phi) is 2.76. The lowest BCUT2D eigenvalue weighted by Crippen LogP contribution is -2.37. The van der Waals surface area contributed by atoms with Gasteiger partial charge in [-0.15, -0.1) is 4.72 Å². The fraction of sp³-hybridized carbons (Fsp3) is 0.167. The third kappa shape index (κ3) is 2.96. The predicted octanol–water partition coefficient (Wildman–Crippen LogP) is 0.880. The fourth-order valence-corrected chi connectivity index (χ4v) is 1.58. The molecule has 0 aliphatic heterocycles. The number of nitrogens with zero attached hydrogens (tertiary/aromatic N) is 1. The zero-order valence-electron chi connectivity index (χ0n) is 6.62. The molecule has 0 amide bonds. The monoisotopic (exact) mass is 226 g/mol. The van der Waals surface area contributed by atoms with Crippen LogP contribution in [0.4, 0.5) is 13.2 Å². The minimum atomic E-state index is -4.99. The van der Waals surface area contributed by atoms with Gasteiger partial charge < -0.3 is 0 Å². The molecule has 1 aromatic heterocycles. The zero-order chi connectivity index (χ0) is 10.8. The van der Waals surface area contributed by atoms with Gasteiger partial charge in [0.05, 0.1) is 0 Å². The van der Waals surface area contributed by atoms with Crippen molar-refractivity contribution in [3.05, 3.63) is 24.4 Å². The van der Waals surface area contributed by atoms with E-state index in [0.29, 0.717) is 4.72 Å². The topological polar surface area (TPSA) is 59.1 Å². The van der Waals surface area contributed by atoms with Gasteiger partial charge in [0, 0.05) is 6.20 Å². The molecule has 0 spiro atoms. The highest BCUT2D eigenvalue weighted by atomic mass is 32.2. The summed E-state index contributed by atoms with van der Waals surface area (Å²) in [7, 11) is -4.60. The summed E-state index contributed by atoms with van der Waals surface area (Å²) in [5, 5.41) is -0.669. The molecule has 4 nitrogen and oxygen atoms in total. The van der Waals surface area contributed by atoms with E-state index in [1.54, 1.807) is 0 Å². The van der Waals surface area contributed by atoms with Gasteiger partial charge in [-0.1, -0.05) is 6.07 Å². The number of pyridine rings is 1. The van der Waals surface area contributed by atoms with Crippen molar-refractivity contribution in [2.45, 2.75) is 11.3 Å². The molecule has 1 N–H and O–H groups in total. The summed E-state index contributed by atoms with van der Waals surface area (Å²) in [5.74, 6) is 0. The molecule has 0 fully saturated rings. The molecule has 1 rings (SSSR count). The van der Waals surface area contributed by atoms with Gasteiger partial charge in [-0.3, -0.25) is 0 Å². The first-order chi connectivity index (χ1) is 6.31. The highest BCUT2D eigenvalue weighted by Crippen LogP contribution is 2.14. The molecular weight excluding hydrogens is 221 g/mol. The van der Waals surface area contributed by atoms with Gasteiger partial charge in [-0.25, -0.2) is 13.4 Å². The number of alkyl halides is 3. The molecule has 8 heteroatoms. The van der Waals surface area contributed by atoms with E-state index in [9.17, 15) is 21.6 Å². The molecule has 0 aromatic carbocycles. The molecule has 14 heavy (non-hydrogen) atoms. The number of sulfonamides is 1. The van der Waals surface area contributed by atoms with E-state index >= 15 is 0 Å². The molecule has 0 saturated carbocycles. The number of nitrogens with one attached hydrogen (secondary N) is 1. The van der Waals surface area contributed by atoms with Crippen LogP contribution in [0.25, 0.3) is 0 Å². The first-order valence-electron chi connectivity index (χ1n) is 3.33. The van der Waals surface area contributed by atoms with Crippen LogP contribution in [-0.4, -0.2) is 19.7 Å². The molecule has 0 bridgehead atoms. The smallest absolute Gasteiger partial charge is 0.243 e. The van der Waals surface area contributed by atoms with Gasteiger partial charge in [0.15, 0.2) is 5.03 Å². The Morgan fingerprint density at radius 3 is 2.36 bits per heavy atom. The van der Waals surface area contributed by atoms with Crippen molar-refractivity contribution >= 4 is 10.0 Å². The highest BCUT2D eigenvalue weighted by molar-refractivity contribution is 7.89. The number of hydrogen-bond donors (Lipinski definition) is 1. The molecule has 0 unspecified atom stereocenters. The second-order valence-electron chi connectivity index (χ2n) is 2.27. The van der Waals surface area contributed by atoms with Crippen LogP contribution in [0.5, 0.6) is 0 Å². The zero-order valence-corrected chi connectivity index (χ0v) is 7.43. The first kappa shape index (κ1) is 10.9. The Hall–Kier alpha value is -1.15. The molecular formula is C6H5F3N2O2S. The van der Waals surface area contributed by atoms with E-state index in [1.165, 1.54) is 12.1 Å². The van der Waals surface area contributed by atoms with Crippen LogP contribution >= 0.6 is 0 Å². The summed E-state index contributed by atoms with van der Waals surface area (Å²) in [5.41, 5.74) is 0. The van der Waals surface area contributed by atoms with Gasteiger partial charge in [-0.05, 0) is 12.1 Å². The van der Waals surface area contributed by atoms with E-state index in [1.807, 2.05) is 0 Å². The number of aromatic nitrogens is 1. The van der Waals surface area contributed by atoms with Crippen molar-refractivity contribution in [3.63, 3.8) is 0 Å². The second-order valence-corrected chi connectivity index (χ2v) is 3.90. The van der Waals surface area contributed by atoms with Crippen LogP contribution in [0.15, 0.2) is 29.4 Å². The van der Waals surface area contributed by atoms with E-state index in [2.05, 4.69) is 4.98 Å². The van der Waals surface area contributed by atoms with Crippen LogP contribution in [-0.2, 0) is 10.0 Å². The highest BCUT2D eigenvalue weighted by Gasteiger charge is 2.35.